The highest BCUT2D eigenvalue weighted by molar-refractivity contribution is 5.80. The van der Waals surface area contributed by atoms with Crippen molar-refractivity contribution in [2.45, 2.75) is 52.4 Å². The second-order valence-electron chi connectivity index (χ2n) is 8.64. The highest BCUT2D eigenvalue weighted by Gasteiger charge is 2.23. The number of carbonyl (C=O) groups is 1. The first-order valence-corrected chi connectivity index (χ1v) is 10.8. The van der Waals surface area contributed by atoms with Crippen LogP contribution in [0.2, 0.25) is 0 Å². The van der Waals surface area contributed by atoms with Gasteiger partial charge in [-0.25, -0.2) is 4.99 Å². The van der Waals surface area contributed by atoms with Crippen LogP contribution in [0.3, 0.4) is 0 Å². The first-order chi connectivity index (χ1) is 13.8. The van der Waals surface area contributed by atoms with Crippen LogP contribution < -0.4 is 15.4 Å². The van der Waals surface area contributed by atoms with Crippen LogP contribution in [-0.2, 0) is 10.2 Å². The molecule has 0 saturated carbocycles. The number of benzene rings is 1. The fourth-order valence-electron chi connectivity index (χ4n) is 3.66. The molecule has 0 atom stereocenters. The highest BCUT2D eigenvalue weighted by atomic mass is 16.5. The molecule has 1 fully saturated rings. The van der Waals surface area contributed by atoms with Crippen LogP contribution in [0.15, 0.2) is 29.3 Å². The first-order valence-electron chi connectivity index (χ1n) is 10.8. The SMILES string of the molecule is CCNC(=NCCOc1ccccc1C(C)(C)C)N1CCC(CC(=O)NC)CC1. The topological polar surface area (TPSA) is 66.0 Å². The summed E-state index contributed by atoms with van der Waals surface area (Å²) in [6, 6.07) is 8.24. The average molecular weight is 403 g/mol. The number of aliphatic imine (C=N–C) groups is 1. The molecule has 1 saturated heterocycles. The summed E-state index contributed by atoms with van der Waals surface area (Å²) in [5.74, 6) is 2.48. The third kappa shape index (κ3) is 7.26. The summed E-state index contributed by atoms with van der Waals surface area (Å²) >= 11 is 0. The third-order valence-corrected chi connectivity index (χ3v) is 5.31. The van der Waals surface area contributed by atoms with E-state index in [2.05, 4.69) is 55.4 Å². The molecule has 6 heteroatoms. The maximum Gasteiger partial charge on any atom is 0.220 e. The molecule has 2 rings (SSSR count). The summed E-state index contributed by atoms with van der Waals surface area (Å²) in [5.41, 5.74) is 1.27. The Balaban J connectivity index is 1.88. The van der Waals surface area contributed by atoms with Crippen molar-refractivity contribution in [1.82, 2.24) is 15.5 Å². The molecule has 6 nitrogen and oxygen atoms in total. The van der Waals surface area contributed by atoms with Gasteiger partial charge in [0.15, 0.2) is 5.96 Å². The van der Waals surface area contributed by atoms with Crippen molar-refractivity contribution < 1.29 is 9.53 Å². The van der Waals surface area contributed by atoms with Crippen molar-refractivity contribution in [3.63, 3.8) is 0 Å². The van der Waals surface area contributed by atoms with Gasteiger partial charge in [-0.2, -0.15) is 0 Å². The minimum Gasteiger partial charge on any atom is -0.491 e. The van der Waals surface area contributed by atoms with E-state index in [-0.39, 0.29) is 11.3 Å². The van der Waals surface area contributed by atoms with Gasteiger partial charge in [0.25, 0.3) is 0 Å². The Kier molecular flexibility index (Phi) is 8.80. The van der Waals surface area contributed by atoms with Crippen molar-refractivity contribution in [3.8, 4) is 5.75 Å². The Bertz CT molecular complexity index is 674. The number of carbonyl (C=O) groups excluding carboxylic acids is 1. The second kappa shape index (κ2) is 11.1. The molecule has 2 N–H and O–H groups in total. The van der Waals surface area contributed by atoms with E-state index in [0.717, 1.165) is 44.2 Å². The summed E-state index contributed by atoms with van der Waals surface area (Å²) in [6.07, 6.45) is 2.67. The number of nitrogens with zero attached hydrogens (tertiary/aromatic N) is 2. The van der Waals surface area contributed by atoms with Crippen LogP contribution in [-0.4, -0.2) is 56.6 Å². The van der Waals surface area contributed by atoms with Crippen molar-refractivity contribution in [3.05, 3.63) is 29.8 Å². The molecule has 0 bridgehead atoms. The third-order valence-electron chi connectivity index (χ3n) is 5.31. The highest BCUT2D eigenvalue weighted by Crippen LogP contribution is 2.30. The molecule has 1 aromatic rings. The van der Waals surface area contributed by atoms with Gasteiger partial charge in [0, 0.05) is 33.1 Å². The van der Waals surface area contributed by atoms with Crippen molar-refractivity contribution >= 4 is 11.9 Å². The van der Waals surface area contributed by atoms with Crippen LogP contribution in [0.1, 0.15) is 52.5 Å². The Morgan fingerprint density at radius 3 is 2.55 bits per heavy atom. The number of ether oxygens (including phenoxy) is 1. The molecule has 162 valence electrons. The largest absolute Gasteiger partial charge is 0.491 e. The summed E-state index contributed by atoms with van der Waals surface area (Å²) < 4.78 is 6.05. The Morgan fingerprint density at radius 1 is 1.24 bits per heavy atom. The second-order valence-corrected chi connectivity index (χ2v) is 8.64. The van der Waals surface area contributed by atoms with Crippen LogP contribution >= 0.6 is 0 Å². The predicted octanol–water partition coefficient (Wildman–Crippen LogP) is 3.18. The van der Waals surface area contributed by atoms with Crippen molar-refractivity contribution in [2.24, 2.45) is 10.9 Å². The number of hydrogen-bond acceptors (Lipinski definition) is 3. The van der Waals surface area contributed by atoms with Gasteiger partial charge in [-0.05, 0) is 42.7 Å². The number of guanidine groups is 1. The minimum atomic E-state index is 0.0494. The van der Waals surface area contributed by atoms with Crippen molar-refractivity contribution in [1.29, 1.82) is 0 Å². The number of piperidine rings is 1. The molecule has 0 aliphatic carbocycles. The number of nitrogens with one attached hydrogen (secondary N) is 2. The maximum atomic E-state index is 11.6. The van der Waals surface area contributed by atoms with E-state index in [4.69, 9.17) is 9.73 Å². The van der Waals surface area contributed by atoms with Crippen LogP contribution in [0.25, 0.3) is 0 Å². The van der Waals surface area contributed by atoms with Crippen LogP contribution in [0.5, 0.6) is 5.75 Å². The summed E-state index contributed by atoms with van der Waals surface area (Å²) in [5, 5.41) is 6.12. The molecule has 1 aliphatic heterocycles. The Labute approximate surface area is 176 Å². The number of likely N-dealkylation sites (tertiary alicyclic amines) is 1. The standard InChI is InChI=1S/C23H38N4O2/c1-6-25-22(27-14-11-18(12-15-27)17-21(28)24-5)26-13-16-29-20-10-8-7-9-19(20)23(2,3)4/h7-10,18H,6,11-17H2,1-5H3,(H,24,28)(H,25,26). The molecule has 0 radical (unpaired) electrons. The van der Waals surface area contributed by atoms with E-state index in [0.29, 0.717) is 25.5 Å². The fraction of sp³-hybridized carbons (Fsp3) is 0.652. The van der Waals surface area contributed by atoms with Gasteiger partial charge in [0.05, 0.1) is 6.54 Å². The normalized spacial score (nSPS) is 15.9. The molecule has 0 unspecified atom stereocenters. The van der Waals surface area contributed by atoms with E-state index in [9.17, 15) is 4.79 Å². The van der Waals surface area contributed by atoms with Gasteiger partial charge in [-0.1, -0.05) is 39.0 Å². The van der Waals surface area contributed by atoms with E-state index >= 15 is 0 Å². The number of hydrogen-bond donors (Lipinski definition) is 2. The quantitative estimate of drug-likeness (QED) is 0.418. The summed E-state index contributed by atoms with van der Waals surface area (Å²) in [6.45, 7) is 12.5. The molecule has 29 heavy (non-hydrogen) atoms. The number of rotatable bonds is 7. The molecule has 1 aliphatic rings. The maximum absolute atomic E-state index is 11.6. The monoisotopic (exact) mass is 402 g/mol. The summed E-state index contributed by atoms with van der Waals surface area (Å²) in [7, 11) is 1.70. The molecular formula is C23H38N4O2. The van der Waals surface area contributed by atoms with Gasteiger partial charge in [-0.3, -0.25) is 4.79 Å². The number of para-hydroxylation sites is 1. The smallest absolute Gasteiger partial charge is 0.220 e. The molecule has 1 aromatic carbocycles. The van der Waals surface area contributed by atoms with Gasteiger partial charge in [0.2, 0.25) is 5.91 Å². The van der Waals surface area contributed by atoms with E-state index in [1.807, 2.05) is 12.1 Å². The predicted molar refractivity (Wildman–Crippen MR) is 120 cm³/mol. The Morgan fingerprint density at radius 2 is 1.93 bits per heavy atom. The fourth-order valence-corrected chi connectivity index (χ4v) is 3.66. The van der Waals surface area contributed by atoms with E-state index in [1.54, 1.807) is 7.05 Å². The lowest BCUT2D eigenvalue weighted by Crippen LogP contribution is -2.46. The molecule has 1 heterocycles. The minimum absolute atomic E-state index is 0.0494. The van der Waals surface area contributed by atoms with Crippen molar-refractivity contribution in [2.75, 3.05) is 39.8 Å². The molecule has 1 amide bonds. The van der Waals surface area contributed by atoms with Gasteiger partial charge < -0.3 is 20.3 Å². The first kappa shape index (κ1) is 23.0. The van der Waals surface area contributed by atoms with E-state index < -0.39 is 0 Å². The average Bonchev–Trinajstić information content (AvgIpc) is 2.70. The van der Waals surface area contributed by atoms with Crippen LogP contribution in [0, 0.1) is 5.92 Å². The molecule has 0 spiro atoms. The zero-order valence-electron chi connectivity index (χ0n) is 18.8. The van der Waals surface area contributed by atoms with Gasteiger partial charge in [-0.15, -0.1) is 0 Å². The lowest BCUT2D eigenvalue weighted by molar-refractivity contribution is -0.121. The Hall–Kier alpha value is -2.24. The lowest BCUT2D eigenvalue weighted by atomic mass is 9.86. The lowest BCUT2D eigenvalue weighted by Gasteiger charge is -2.34. The zero-order chi connectivity index (χ0) is 21.3. The molecular weight excluding hydrogens is 364 g/mol. The van der Waals surface area contributed by atoms with E-state index in [1.165, 1.54) is 5.56 Å². The van der Waals surface area contributed by atoms with Gasteiger partial charge in [0.1, 0.15) is 12.4 Å². The van der Waals surface area contributed by atoms with Crippen LogP contribution in [0.4, 0.5) is 0 Å². The molecule has 0 aromatic heterocycles. The number of amides is 1. The zero-order valence-corrected chi connectivity index (χ0v) is 18.8. The summed E-state index contributed by atoms with van der Waals surface area (Å²) in [4.78, 5) is 18.7. The van der Waals surface area contributed by atoms with Gasteiger partial charge >= 0.3 is 0 Å².